The van der Waals surface area contributed by atoms with Crippen molar-refractivity contribution in [2.75, 3.05) is 0 Å². The van der Waals surface area contributed by atoms with Crippen molar-refractivity contribution >= 4 is 35.3 Å². The van der Waals surface area contributed by atoms with Crippen LogP contribution in [0.2, 0.25) is 0 Å². The number of nitrogens with zero attached hydrogens (tertiary/aromatic N) is 3. The molecule has 1 fully saturated rings. The number of hydrogen-bond donors (Lipinski definition) is 2. The van der Waals surface area contributed by atoms with Gasteiger partial charge in [0.25, 0.3) is 0 Å². The number of carbonyl (C=O) groups is 1. The number of aromatic nitrogens is 2. The number of H-pyrrole nitrogens is 1. The van der Waals surface area contributed by atoms with E-state index < -0.39 is 17.6 Å². The first-order valence-electron chi connectivity index (χ1n) is 10.4. The Morgan fingerprint density at radius 3 is 2.79 bits per heavy atom. The molecule has 0 spiro atoms. The van der Waals surface area contributed by atoms with Gasteiger partial charge in [-0.1, -0.05) is 6.07 Å². The molecule has 1 aliphatic carbocycles. The monoisotopic (exact) mass is 452 g/mol. The van der Waals surface area contributed by atoms with E-state index in [1.807, 2.05) is 0 Å². The molecule has 7 nitrogen and oxygen atoms in total. The molecule has 1 heterocycles. The topological polar surface area (TPSA) is 99.9 Å². The number of imidazole rings is 1. The van der Waals surface area contributed by atoms with Crippen molar-refractivity contribution in [1.29, 1.82) is 0 Å². The number of halogens is 2. The second kappa shape index (κ2) is 9.32. The van der Waals surface area contributed by atoms with Gasteiger partial charge in [0, 0.05) is 12.6 Å². The number of benzene rings is 2. The highest BCUT2D eigenvalue weighted by atomic mass is 19.1. The van der Waals surface area contributed by atoms with Crippen LogP contribution in [0.15, 0.2) is 52.6 Å². The zero-order valence-electron chi connectivity index (χ0n) is 17.9. The molecule has 3 aromatic rings. The Bertz CT molecular complexity index is 1280. The molecule has 2 N–H and O–H groups in total. The number of carboxylic acid groups (broad SMARTS) is 1. The molecule has 0 saturated heterocycles. The number of rotatable bonds is 6. The van der Waals surface area contributed by atoms with Gasteiger partial charge in [-0.2, -0.15) is 0 Å². The van der Waals surface area contributed by atoms with Gasteiger partial charge < -0.3 is 14.8 Å². The first kappa shape index (κ1) is 22.3. The number of nitrogens with one attached hydrogen (secondary N) is 1. The van der Waals surface area contributed by atoms with E-state index in [0.717, 1.165) is 0 Å². The van der Waals surface area contributed by atoms with E-state index in [4.69, 9.17) is 9.84 Å². The molecule has 1 aliphatic rings. The van der Waals surface area contributed by atoms with Crippen molar-refractivity contribution in [3.8, 4) is 11.4 Å². The number of aliphatic imine (C=N–C) groups is 2. The van der Waals surface area contributed by atoms with Crippen LogP contribution < -0.4 is 0 Å². The van der Waals surface area contributed by atoms with Gasteiger partial charge in [-0.25, -0.2) is 23.7 Å². The fraction of sp³-hybridized carbons (Fsp3) is 0.250. The minimum absolute atomic E-state index is 0.0831. The summed E-state index contributed by atoms with van der Waals surface area (Å²) < 4.78 is 33.9. The van der Waals surface area contributed by atoms with Gasteiger partial charge >= 0.3 is 12.0 Å². The molecule has 0 radical (unpaired) electrons. The number of aromatic amines is 1. The summed E-state index contributed by atoms with van der Waals surface area (Å²) in [5.41, 5.74) is 2.59. The van der Waals surface area contributed by atoms with E-state index in [1.165, 1.54) is 30.5 Å². The smallest absolute Gasteiger partial charge is 0.315 e. The normalized spacial score (nSPS) is 18.8. The summed E-state index contributed by atoms with van der Waals surface area (Å²) in [4.78, 5) is 25.9. The SMILES string of the molecule is C=NC(=N/C=C(\C)c1ccc(-c2nc3ccc(F)cc3[nH]2)c(F)c1)OC1CC(CC(=O)O)C1. The van der Waals surface area contributed by atoms with Gasteiger partial charge in [0.15, 0.2) is 0 Å². The molecule has 0 bridgehead atoms. The Balaban J connectivity index is 1.46. The third-order valence-corrected chi connectivity index (χ3v) is 5.56. The molecule has 0 unspecified atom stereocenters. The Kier molecular flexibility index (Phi) is 6.30. The quantitative estimate of drug-likeness (QED) is 0.397. The number of carboxylic acids is 1. The van der Waals surface area contributed by atoms with Crippen molar-refractivity contribution in [3.63, 3.8) is 0 Å². The largest absolute Gasteiger partial charge is 0.481 e. The second-order valence-electron chi connectivity index (χ2n) is 8.00. The summed E-state index contributed by atoms with van der Waals surface area (Å²) in [7, 11) is 0. The predicted octanol–water partition coefficient (Wildman–Crippen LogP) is 5.20. The van der Waals surface area contributed by atoms with E-state index in [-0.39, 0.29) is 30.0 Å². The summed E-state index contributed by atoms with van der Waals surface area (Å²) in [5, 5.41) is 8.81. The molecular formula is C24H22F2N4O3. The fourth-order valence-electron chi connectivity index (χ4n) is 3.73. The molecule has 4 rings (SSSR count). The van der Waals surface area contributed by atoms with E-state index in [1.54, 1.807) is 19.1 Å². The standard InChI is InChI=1S/C24H22F2N4O3/c1-13(12-28-24(27-2)33-17-7-14(8-17)9-22(31)32)15-3-5-18(19(26)10-15)23-29-20-6-4-16(25)11-21(20)30-23/h3-6,10-12,14,17H,2,7-9H2,1H3,(H,29,30)(H,31,32)/b13-12+,28-24?. The molecule has 0 aliphatic heterocycles. The number of fused-ring (bicyclic) bond motifs is 1. The third-order valence-electron chi connectivity index (χ3n) is 5.56. The molecule has 0 amide bonds. The number of amidine groups is 1. The Labute approximate surface area is 188 Å². The van der Waals surface area contributed by atoms with Gasteiger partial charge in [-0.05, 0) is 73.9 Å². The first-order valence-corrected chi connectivity index (χ1v) is 10.4. The number of hydrogen-bond acceptors (Lipinski definition) is 4. The minimum atomic E-state index is -0.819. The lowest BCUT2D eigenvalue weighted by Crippen LogP contribution is -2.34. The molecule has 1 saturated carbocycles. The van der Waals surface area contributed by atoms with Gasteiger partial charge in [-0.15, -0.1) is 0 Å². The van der Waals surface area contributed by atoms with Gasteiger partial charge in [-0.3, -0.25) is 4.79 Å². The number of ether oxygens (including phenoxy) is 1. The zero-order valence-corrected chi connectivity index (χ0v) is 17.9. The highest BCUT2D eigenvalue weighted by Gasteiger charge is 2.33. The Morgan fingerprint density at radius 2 is 2.09 bits per heavy atom. The summed E-state index contributed by atoms with van der Waals surface area (Å²) in [6.07, 6.45) is 2.76. The lowest BCUT2D eigenvalue weighted by Gasteiger charge is -2.33. The van der Waals surface area contributed by atoms with Crippen LogP contribution in [0.1, 0.15) is 31.7 Å². The van der Waals surface area contributed by atoms with E-state index in [0.29, 0.717) is 40.8 Å². The maximum Gasteiger partial charge on any atom is 0.315 e. The Morgan fingerprint density at radius 1 is 1.30 bits per heavy atom. The molecule has 1 aromatic heterocycles. The second-order valence-corrected chi connectivity index (χ2v) is 8.00. The summed E-state index contributed by atoms with van der Waals surface area (Å²) >= 11 is 0. The predicted molar refractivity (Wildman–Crippen MR) is 122 cm³/mol. The van der Waals surface area contributed by atoms with Crippen molar-refractivity contribution < 1.29 is 23.4 Å². The van der Waals surface area contributed by atoms with E-state index in [9.17, 15) is 13.6 Å². The van der Waals surface area contributed by atoms with Crippen LogP contribution in [0.5, 0.6) is 0 Å². The van der Waals surface area contributed by atoms with Gasteiger partial charge in [0.05, 0.1) is 16.6 Å². The van der Waals surface area contributed by atoms with Crippen molar-refractivity contribution in [2.45, 2.75) is 32.3 Å². The average molecular weight is 452 g/mol. The summed E-state index contributed by atoms with van der Waals surface area (Å²) in [5.74, 6) is -1.29. The van der Waals surface area contributed by atoms with Gasteiger partial charge in [0.1, 0.15) is 23.6 Å². The third kappa shape index (κ3) is 5.14. The van der Waals surface area contributed by atoms with E-state index in [2.05, 4.69) is 26.7 Å². The maximum atomic E-state index is 14.8. The summed E-state index contributed by atoms with van der Waals surface area (Å²) in [6, 6.07) is 8.93. The molecule has 0 atom stereocenters. The minimum Gasteiger partial charge on any atom is -0.481 e. The van der Waals surface area contributed by atoms with Crippen LogP contribution >= 0.6 is 0 Å². The van der Waals surface area contributed by atoms with Crippen LogP contribution in [-0.4, -0.2) is 39.9 Å². The van der Waals surface area contributed by atoms with Crippen LogP contribution in [0.4, 0.5) is 8.78 Å². The highest BCUT2D eigenvalue weighted by molar-refractivity contribution is 5.81. The maximum absolute atomic E-state index is 14.8. The van der Waals surface area contributed by atoms with Gasteiger partial charge in [0.2, 0.25) is 0 Å². The van der Waals surface area contributed by atoms with Crippen molar-refractivity contribution in [3.05, 3.63) is 59.8 Å². The molecule has 2 aromatic carbocycles. The van der Waals surface area contributed by atoms with Crippen LogP contribution in [-0.2, 0) is 9.53 Å². The fourth-order valence-corrected chi connectivity index (χ4v) is 3.73. The lowest BCUT2D eigenvalue weighted by atomic mass is 9.80. The van der Waals surface area contributed by atoms with Crippen molar-refractivity contribution in [2.24, 2.45) is 15.9 Å². The number of allylic oxidation sites excluding steroid dienone is 1. The molecule has 170 valence electrons. The first-order chi connectivity index (χ1) is 15.8. The summed E-state index contributed by atoms with van der Waals surface area (Å²) in [6.45, 7) is 5.22. The highest BCUT2D eigenvalue weighted by Crippen LogP contribution is 2.33. The molecular weight excluding hydrogens is 430 g/mol. The van der Waals surface area contributed by atoms with Crippen LogP contribution in [0.3, 0.4) is 0 Å². The average Bonchev–Trinajstić information content (AvgIpc) is 3.16. The van der Waals surface area contributed by atoms with Crippen LogP contribution in [0.25, 0.3) is 28.0 Å². The Hall–Kier alpha value is -3.88. The zero-order chi connectivity index (χ0) is 23.5. The van der Waals surface area contributed by atoms with E-state index >= 15 is 0 Å². The van der Waals surface area contributed by atoms with Crippen molar-refractivity contribution in [1.82, 2.24) is 9.97 Å². The number of aliphatic carboxylic acids is 1. The lowest BCUT2D eigenvalue weighted by molar-refractivity contribution is -0.139. The molecule has 9 heteroatoms. The molecule has 33 heavy (non-hydrogen) atoms. The van der Waals surface area contributed by atoms with Crippen LogP contribution in [0, 0.1) is 17.6 Å².